The average Bonchev–Trinajstić information content (AvgIpc) is 2.83. The van der Waals surface area contributed by atoms with Crippen LogP contribution in [-0.4, -0.2) is 40.5 Å². The van der Waals surface area contributed by atoms with Crippen LogP contribution in [0.3, 0.4) is 0 Å². The van der Waals surface area contributed by atoms with Gasteiger partial charge in [0, 0.05) is 18.3 Å². The molecule has 2 saturated heterocycles. The normalized spacial score (nSPS) is 47.3. The Hall–Kier alpha value is -1.95. The second-order valence-corrected chi connectivity index (χ2v) is 7.93. The Morgan fingerprint density at radius 1 is 1.16 bits per heavy atom. The molecule has 6 nitrogen and oxygen atoms in total. The summed E-state index contributed by atoms with van der Waals surface area (Å²) in [5.74, 6) is -2.27. The number of Topliss-reactive ketones (excluding diaryl/α,β-unsaturated/α-hetero) is 1. The Morgan fingerprint density at radius 2 is 1.88 bits per heavy atom. The Kier molecular flexibility index (Phi) is 3.48. The van der Waals surface area contributed by atoms with E-state index in [1.54, 1.807) is 19.9 Å². The van der Waals surface area contributed by atoms with Crippen molar-refractivity contribution in [3.05, 3.63) is 23.5 Å². The Bertz CT molecular complexity index is 734. The van der Waals surface area contributed by atoms with Gasteiger partial charge in [0.1, 0.15) is 17.8 Å². The van der Waals surface area contributed by atoms with Gasteiger partial charge in [-0.2, -0.15) is 0 Å². The molecule has 3 heterocycles. The van der Waals surface area contributed by atoms with Crippen LogP contribution in [0.5, 0.6) is 0 Å². The van der Waals surface area contributed by atoms with Crippen molar-refractivity contribution < 1.29 is 29.0 Å². The van der Waals surface area contributed by atoms with Crippen molar-refractivity contribution in [2.45, 2.75) is 51.4 Å². The molecule has 1 unspecified atom stereocenters. The number of aliphatic hydroxyl groups is 1. The minimum atomic E-state index is -1.18. The van der Waals surface area contributed by atoms with Crippen molar-refractivity contribution >= 4 is 17.5 Å². The Morgan fingerprint density at radius 3 is 2.60 bits per heavy atom. The van der Waals surface area contributed by atoms with Crippen LogP contribution < -0.4 is 0 Å². The number of ketones is 2. The first-order chi connectivity index (χ1) is 11.8. The molecule has 134 valence electrons. The van der Waals surface area contributed by atoms with E-state index >= 15 is 0 Å². The molecule has 0 aromatic rings. The van der Waals surface area contributed by atoms with Crippen molar-refractivity contribution in [1.82, 2.24) is 0 Å². The van der Waals surface area contributed by atoms with E-state index in [0.717, 1.165) is 0 Å². The van der Waals surface area contributed by atoms with E-state index in [0.29, 0.717) is 12.8 Å². The largest absolute Gasteiger partial charge is 0.486 e. The van der Waals surface area contributed by atoms with Gasteiger partial charge in [0.25, 0.3) is 0 Å². The fourth-order valence-electron chi connectivity index (χ4n) is 4.79. The average molecular weight is 346 g/mol. The molecular formula is C19H22O6. The second-order valence-electron chi connectivity index (χ2n) is 7.93. The van der Waals surface area contributed by atoms with Gasteiger partial charge in [0.2, 0.25) is 0 Å². The third-order valence-electron chi connectivity index (χ3n) is 6.13. The molecule has 3 fully saturated rings. The lowest BCUT2D eigenvalue weighted by molar-refractivity contribution is -0.220. The van der Waals surface area contributed by atoms with Gasteiger partial charge in [-0.25, -0.2) is 4.79 Å². The molecule has 0 aromatic heterocycles. The van der Waals surface area contributed by atoms with Gasteiger partial charge in [0.05, 0.1) is 5.92 Å². The summed E-state index contributed by atoms with van der Waals surface area (Å²) in [5, 5.41) is 10.7. The standard InChI is InChI=1S/C19H22O6/c1-8-6-9(2)14(21)13-17-19(25-18(13)23)7-10(3)16(24-17)15(22)11(19)4-5-12(8)20/h4-5,8-11,15-16,22H,6-7H2,1-3H3/b5-4+/t8-,9+,10+,11?,15+,16+,19+/m0/s1. The molecule has 25 heavy (non-hydrogen) atoms. The number of ether oxygens (including phenoxy) is 2. The van der Waals surface area contributed by atoms with Gasteiger partial charge in [-0.15, -0.1) is 0 Å². The summed E-state index contributed by atoms with van der Waals surface area (Å²) in [6, 6.07) is 0. The summed E-state index contributed by atoms with van der Waals surface area (Å²) in [4.78, 5) is 37.8. The smallest absolute Gasteiger partial charge is 0.346 e. The third kappa shape index (κ3) is 2.09. The fraction of sp³-hybridized carbons (Fsp3) is 0.632. The molecule has 1 saturated carbocycles. The first kappa shape index (κ1) is 16.5. The minimum Gasteiger partial charge on any atom is -0.486 e. The highest BCUT2D eigenvalue weighted by Gasteiger charge is 2.67. The van der Waals surface area contributed by atoms with Crippen LogP contribution in [0.2, 0.25) is 0 Å². The van der Waals surface area contributed by atoms with Gasteiger partial charge in [-0.05, 0) is 18.4 Å². The molecule has 1 N–H and O–H groups in total. The second kappa shape index (κ2) is 5.27. The van der Waals surface area contributed by atoms with Gasteiger partial charge < -0.3 is 14.6 Å². The molecule has 2 aliphatic carbocycles. The van der Waals surface area contributed by atoms with E-state index in [2.05, 4.69) is 0 Å². The molecule has 6 heteroatoms. The van der Waals surface area contributed by atoms with Gasteiger partial charge >= 0.3 is 5.97 Å². The van der Waals surface area contributed by atoms with Crippen LogP contribution >= 0.6 is 0 Å². The van der Waals surface area contributed by atoms with Crippen LogP contribution in [0, 0.1) is 23.7 Å². The number of carbonyl (C=O) groups excluding carboxylic acids is 3. The molecule has 0 aromatic carbocycles. The first-order valence-corrected chi connectivity index (χ1v) is 8.85. The van der Waals surface area contributed by atoms with E-state index in [1.165, 1.54) is 6.08 Å². The summed E-state index contributed by atoms with van der Waals surface area (Å²) < 4.78 is 11.6. The van der Waals surface area contributed by atoms with E-state index in [1.807, 2.05) is 6.92 Å². The van der Waals surface area contributed by atoms with Crippen molar-refractivity contribution in [2.24, 2.45) is 23.7 Å². The lowest BCUT2D eigenvalue weighted by atomic mass is 9.64. The van der Waals surface area contributed by atoms with Crippen LogP contribution in [0.15, 0.2) is 23.5 Å². The quantitative estimate of drug-likeness (QED) is 0.526. The summed E-state index contributed by atoms with van der Waals surface area (Å²) in [6.07, 6.45) is 2.51. The molecular weight excluding hydrogens is 324 g/mol. The number of rotatable bonds is 0. The Balaban J connectivity index is 1.93. The minimum absolute atomic E-state index is 0.0252. The lowest BCUT2D eigenvalue weighted by Gasteiger charge is -2.54. The number of hydrogen-bond acceptors (Lipinski definition) is 6. The van der Waals surface area contributed by atoms with Crippen molar-refractivity contribution in [3.8, 4) is 0 Å². The number of carbonyl (C=O) groups is 3. The first-order valence-electron chi connectivity index (χ1n) is 8.85. The molecule has 1 spiro atoms. The zero-order valence-corrected chi connectivity index (χ0v) is 14.5. The number of allylic oxidation sites excluding steroid dienone is 1. The number of esters is 1. The molecule has 0 radical (unpaired) electrons. The lowest BCUT2D eigenvalue weighted by Crippen LogP contribution is -2.63. The van der Waals surface area contributed by atoms with Crippen molar-refractivity contribution in [3.63, 3.8) is 0 Å². The van der Waals surface area contributed by atoms with E-state index in [4.69, 9.17) is 9.47 Å². The highest BCUT2D eigenvalue weighted by atomic mass is 16.6. The van der Waals surface area contributed by atoms with Gasteiger partial charge in [-0.3, -0.25) is 9.59 Å². The van der Waals surface area contributed by atoms with Gasteiger partial charge in [-0.1, -0.05) is 26.8 Å². The molecule has 5 rings (SSSR count). The fourth-order valence-corrected chi connectivity index (χ4v) is 4.79. The molecule has 7 atom stereocenters. The zero-order chi connectivity index (χ0) is 18.1. The van der Waals surface area contributed by atoms with Crippen molar-refractivity contribution in [2.75, 3.05) is 0 Å². The molecule has 5 bridgehead atoms. The topological polar surface area (TPSA) is 89.9 Å². The monoisotopic (exact) mass is 346 g/mol. The molecule has 3 aliphatic heterocycles. The number of hydrogen-bond donors (Lipinski definition) is 1. The number of fused-ring (bicyclic) bond motifs is 1. The predicted octanol–water partition coefficient (Wildman–Crippen LogP) is 1.32. The van der Waals surface area contributed by atoms with Crippen LogP contribution in [-0.2, 0) is 23.9 Å². The number of aliphatic hydroxyl groups excluding tert-OH is 1. The van der Waals surface area contributed by atoms with E-state index < -0.39 is 35.6 Å². The summed E-state index contributed by atoms with van der Waals surface area (Å²) in [6.45, 7) is 5.41. The maximum atomic E-state index is 12.9. The SMILES string of the molecule is C[C@@H]1C[C@H](C)C(=O)/C=C/C2[C@@H](O)[C@@H]3OC4=C(C(=O)O[C@@]42C[C@H]3C)C1=O. The molecule has 0 amide bonds. The van der Waals surface area contributed by atoms with Gasteiger partial charge in [0.15, 0.2) is 22.9 Å². The van der Waals surface area contributed by atoms with Crippen LogP contribution in [0.1, 0.15) is 33.6 Å². The highest BCUT2D eigenvalue weighted by Crippen LogP contribution is 2.56. The summed E-state index contributed by atoms with van der Waals surface area (Å²) >= 11 is 0. The third-order valence-corrected chi connectivity index (χ3v) is 6.13. The maximum absolute atomic E-state index is 12.9. The van der Waals surface area contributed by atoms with E-state index in [-0.39, 0.29) is 34.7 Å². The Labute approximate surface area is 145 Å². The van der Waals surface area contributed by atoms with Crippen LogP contribution in [0.4, 0.5) is 0 Å². The van der Waals surface area contributed by atoms with E-state index in [9.17, 15) is 19.5 Å². The van der Waals surface area contributed by atoms with Crippen molar-refractivity contribution in [1.29, 1.82) is 0 Å². The predicted molar refractivity (Wildman–Crippen MR) is 86.1 cm³/mol. The van der Waals surface area contributed by atoms with Crippen LogP contribution in [0.25, 0.3) is 0 Å². The maximum Gasteiger partial charge on any atom is 0.346 e. The summed E-state index contributed by atoms with van der Waals surface area (Å²) in [5.41, 5.74) is -1.21. The summed E-state index contributed by atoms with van der Waals surface area (Å²) in [7, 11) is 0. The molecule has 5 aliphatic rings. The zero-order valence-electron chi connectivity index (χ0n) is 14.5. The highest BCUT2D eigenvalue weighted by molar-refractivity contribution is 6.20.